The van der Waals surface area contributed by atoms with Crippen LogP contribution in [0, 0.1) is 13.8 Å². The van der Waals surface area contributed by atoms with E-state index in [1.165, 1.54) is 7.11 Å². The Bertz CT molecular complexity index is 382. The maximum atomic E-state index is 10.8. The molecule has 4 nitrogen and oxygen atoms in total. The quantitative estimate of drug-likeness (QED) is 0.755. The van der Waals surface area contributed by atoms with Crippen LogP contribution < -0.4 is 4.74 Å². The maximum Gasteiger partial charge on any atom is 0.339 e. The molecule has 0 unspecified atom stereocenters. The lowest BCUT2D eigenvalue weighted by Crippen LogP contribution is -2.03. The molecule has 0 aromatic heterocycles. The van der Waals surface area contributed by atoms with Crippen LogP contribution in [-0.2, 0) is 0 Å². The van der Waals surface area contributed by atoms with Crippen LogP contribution in [0.25, 0.3) is 0 Å². The molecular weight excluding hydrogens is 184 g/mol. The highest BCUT2D eigenvalue weighted by Gasteiger charge is 2.18. The van der Waals surface area contributed by atoms with E-state index in [-0.39, 0.29) is 17.1 Å². The number of benzene rings is 1. The summed E-state index contributed by atoms with van der Waals surface area (Å²) in [6.45, 7) is 3.42. The second kappa shape index (κ2) is 3.57. The smallest absolute Gasteiger partial charge is 0.339 e. The minimum Gasteiger partial charge on any atom is -0.504 e. The van der Waals surface area contributed by atoms with Crippen molar-refractivity contribution in [3.8, 4) is 11.5 Å². The summed E-state index contributed by atoms with van der Waals surface area (Å²) in [7, 11) is 1.38. The van der Waals surface area contributed by atoms with Gasteiger partial charge in [-0.05, 0) is 31.0 Å². The number of hydrogen-bond donors (Lipinski definition) is 2. The van der Waals surface area contributed by atoms with E-state index in [9.17, 15) is 9.90 Å². The van der Waals surface area contributed by atoms with Crippen LogP contribution in [0.1, 0.15) is 21.5 Å². The van der Waals surface area contributed by atoms with E-state index in [1.807, 2.05) is 0 Å². The Labute approximate surface area is 81.8 Å². The van der Waals surface area contributed by atoms with Gasteiger partial charge in [0.05, 0.1) is 7.11 Å². The Balaban J connectivity index is 3.53. The average molecular weight is 196 g/mol. The first-order valence-electron chi connectivity index (χ1n) is 4.09. The molecule has 0 aliphatic carbocycles. The van der Waals surface area contributed by atoms with Crippen LogP contribution >= 0.6 is 0 Å². The first-order valence-corrected chi connectivity index (χ1v) is 4.09. The van der Waals surface area contributed by atoms with Crippen molar-refractivity contribution < 1.29 is 19.7 Å². The van der Waals surface area contributed by atoms with Crippen LogP contribution in [0.3, 0.4) is 0 Å². The van der Waals surface area contributed by atoms with E-state index < -0.39 is 5.97 Å². The minimum atomic E-state index is -1.15. The monoisotopic (exact) mass is 196 g/mol. The number of carbonyl (C=O) groups is 1. The fourth-order valence-corrected chi connectivity index (χ4v) is 1.29. The molecule has 0 fully saturated rings. The third-order valence-corrected chi connectivity index (χ3v) is 2.22. The number of aromatic hydroxyl groups is 1. The summed E-state index contributed by atoms with van der Waals surface area (Å²) in [6, 6.07) is 1.61. The van der Waals surface area contributed by atoms with Gasteiger partial charge in [-0.25, -0.2) is 4.79 Å². The SMILES string of the molecule is COc1cc(C)c(C)c(C(=O)O)c1O. The van der Waals surface area contributed by atoms with Crippen molar-refractivity contribution in [3.05, 3.63) is 22.8 Å². The lowest BCUT2D eigenvalue weighted by Gasteiger charge is -2.11. The fourth-order valence-electron chi connectivity index (χ4n) is 1.29. The number of methoxy groups -OCH3 is 1. The Hall–Kier alpha value is -1.71. The van der Waals surface area contributed by atoms with Gasteiger partial charge in [-0.2, -0.15) is 0 Å². The zero-order valence-corrected chi connectivity index (χ0v) is 8.29. The largest absolute Gasteiger partial charge is 0.504 e. The molecule has 14 heavy (non-hydrogen) atoms. The molecule has 1 rings (SSSR count). The molecule has 2 N–H and O–H groups in total. The van der Waals surface area contributed by atoms with Gasteiger partial charge in [-0.1, -0.05) is 0 Å². The third kappa shape index (κ3) is 1.51. The van der Waals surface area contributed by atoms with Gasteiger partial charge >= 0.3 is 5.97 Å². The van der Waals surface area contributed by atoms with Crippen molar-refractivity contribution in [2.24, 2.45) is 0 Å². The van der Waals surface area contributed by atoms with Crippen molar-refractivity contribution >= 4 is 5.97 Å². The number of rotatable bonds is 2. The van der Waals surface area contributed by atoms with E-state index in [0.29, 0.717) is 5.56 Å². The summed E-state index contributed by atoms with van der Waals surface area (Å²) in [5.41, 5.74) is 1.23. The van der Waals surface area contributed by atoms with Gasteiger partial charge in [-0.15, -0.1) is 0 Å². The Morgan fingerprint density at radius 3 is 2.43 bits per heavy atom. The molecule has 0 aliphatic rings. The standard InChI is InChI=1S/C10H12O4/c1-5-4-7(14-3)9(11)8(6(5)2)10(12)13/h4,11H,1-3H3,(H,12,13). The number of hydrogen-bond acceptors (Lipinski definition) is 3. The summed E-state index contributed by atoms with van der Waals surface area (Å²) in [4.78, 5) is 10.8. The molecule has 0 saturated heterocycles. The van der Waals surface area contributed by atoms with Gasteiger partial charge in [0, 0.05) is 0 Å². The number of aromatic carboxylic acids is 1. The molecule has 1 aromatic rings. The van der Waals surface area contributed by atoms with Gasteiger partial charge < -0.3 is 14.9 Å². The zero-order valence-electron chi connectivity index (χ0n) is 8.29. The first-order chi connectivity index (χ1) is 6.49. The summed E-state index contributed by atoms with van der Waals surface area (Å²) >= 11 is 0. The summed E-state index contributed by atoms with van der Waals surface area (Å²) in [5, 5.41) is 18.4. The molecule has 0 radical (unpaired) electrons. The zero-order chi connectivity index (χ0) is 10.9. The van der Waals surface area contributed by atoms with Crippen LogP contribution in [-0.4, -0.2) is 23.3 Å². The van der Waals surface area contributed by atoms with E-state index in [1.54, 1.807) is 19.9 Å². The van der Waals surface area contributed by atoms with Crippen molar-refractivity contribution in [2.75, 3.05) is 7.11 Å². The lowest BCUT2D eigenvalue weighted by molar-refractivity contribution is 0.0692. The van der Waals surface area contributed by atoms with Crippen molar-refractivity contribution in [1.29, 1.82) is 0 Å². The molecule has 0 saturated carbocycles. The van der Waals surface area contributed by atoms with Crippen LogP contribution in [0.15, 0.2) is 6.07 Å². The topological polar surface area (TPSA) is 66.8 Å². The van der Waals surface area contributed by atoms with Crippen LogP contribution in [0.4, 0.5) is 0 Å². The minimum absolute atomic E-state index is 0.0955. The molecule has 0 bridgehead atoms. The second-order valence-electron chi connectivity index (χ2n) is 3.05. The fraction of sp³-hybridized carbons (Fsp3) is 0.300. The number of aryl methyl sites for hydroxylation is 1. The number of carboxylic acids is 1. The van der Waals surface area contributed by atoms with Gasteiger partial charge in [0.25, 0.3) is 0 Å². The highest BCUT2D eigenvalue weighted by atomic mass is 16.5. The number of phenols is 1. The lowest BCUT2D eigenvalue weighted by atomic mass is 10.0. The molecule has 0 spiro atoms. The average Bonchev–Trinajstić information content (AvgIpc) is 2.11. The molecule has 76 valence electrons. The number of carboxylic acid groups (broad SMARTS) is 1. The molecule has 0 amide bonds. The van der Waals surface area contributed by atoms with E-state index >= 15 is 0 Å². The summed E-state index contributed by atoms with van der Waals surface area (Å²) in [6.07, 6.45) is 0. The molecule has 0 heterocycles. The third-order valence-electron chi connectivity index (χ3n) is 2.22. The van der Waals surface area contributed by atoms with E-state index in [2.05, 4.69) is 0 Å². The van der Waals surface area contributed by atoms with Gasteiger partial charge in [0.1, 0.15) is 5.56 Å². The van der Waals surface area contributed by atoms with E-state index in [0.717, 1.165) is 5.56 Å². The molecule has 0 aliphatic heterocycles. The van der Waals surface area contributed by atoms with Gasteiger partial charge in [0.2, 0.25) is 0 Å². The second-order valence-corrected chi connectivity index (χ2v) is 3.05. The molecular formula is C10H12O4. The van der Waals surface area contributed by atoms with Crippen molar-refractivity contribution in [3.63, 3.8) is 0 Å². The maximum absolute atomic E-state index is 10.8. The normalized spacial score (nSPS) is 9.93. The molecule has 0 atom stereocenters. The first kappa shape index (κ1) is 10.4. The summed E-state index contributed by atoms with van der Waals surface area (Å²) in [5.74, 6) is -1.28. The Kier molecular flexibility index (Phi) is 2.65. The Morgan fingerprint density at radius 2 is 2.00 bits per heavy atom. The van der Waals surface area contributed by atoms with E-state index in [4.69, 9.17) is 9.84 Å². The highest BCUT2D eigenvalue weighted by Crippen LogP contribution is 2.34. The van der Waals surface area contributed by atoms with Crippen LogP contribution in [0.5, 0.6) is 11.5 Å². The van der Waals surface area contributed by atoms with Gasteiger partial charge in [0.15, 0.2) is 11.5 Å². The Morgan fingerprint density at radius 1 is 1.43 bits per heavy atom. The predicted octanol–water partition coefficient (Wildman–Crippen LogP) is 1.72. The van der Waals surface area contributed by atoms with Crippen molar-refractivity contribution in [2.45, 2.75) is 13.8 Å². The van der Waals surface area contributed by atoms with Crippen LogP contribution in [0.2, 0.25) is 0 Å². The van der Waals surface area contributed by atoms with Crippen molar-refractivity contribution in [1.82, 2.24) is 0 Å². The predicted molar refractivity (Wildman–Crippen MR) is 51.1 cm³/mol. The molecule has 4 heteroatoms. The summed E-state index contributed by atoms with van der Waals surface area (Å²) < 4.78 is 4.86. The number of ether oxygens (including phenoxy) is 1. The highest BCUT2D eigenvalue weighted by molar-refractivity contribution is 5.94. The van der Waals surface area contributed by atoms with Gasteiger partial charge in [-0.3, -0.25) is 0 Å². The molecule has 1 aromatic carbocycles.